The molecule has 2 aliphatic rings. The summed E-state index contributed by atoms with van der Waals surface area (Å²) >= 11 is 0. The van der Waals surface area contributed by atoms with Crippen molar-refractivity contribution in [2.75, 3.05) is 46.4 Å². The lowest BCUT2D eigenvalue weighted by atomic mass is 10.1. The second-order valence-corrected chi connectivity index (χ2v) is 7.24. The van der Waals surface area contributed by atoms with Gasteiger partial charge in [0.05, 0.1) is 44.0 Å². The fraction of sp³-hybridized carbons (Fsp3) is 0.476. The van der Waals surface area contributed by atoms with Crippen LogP contribution >= 0.6 is 0 Å². The van der Waals surface area contributed by atoms with Gasteiger partial charge in [-0.1, -0.05) is 12.1 Å². The maximum absolute atomic E-state index is 12.5. The van der Waals surface area contributed by atoms with Gasteiger partial charge in [-0.05, 0) is 25.0 Å². The standard InChI is InChI=1S/C21H26N4O3/c1-27-17-6-4-5-16(11-17)18-12-22-13-19(23-18)20-14-24(9-10-28-20)15-21(26)25-7-2-3-8-25/h4-6,11-13,20H,2-3,7-10,14-15H2,1H3/t20-/m1/s1. The van der Waals surface area contributed by atoms with Crippen LogP contribution in [0.4, 0.5) is 0 Å². The van der Waals surface area contributed by atoms with Gasteiger partial charge >= 0.3 is 0 Å². The maximum Gasteiger partial charge on any atom is 0.236 e. The third-order valence-electron chi connectivity index (χ3n) is 5.32. The van der Waals surface area contributed by atoms with Gasteiger partial charge in [0.15, 0.2) is 0 Å². The number of likely N-dealkylation sites (tertiary alicyclic amines) is 1. The number of aromatic nitrogens is 2. The molecule has 0 aliphatic carbocycles. The molecule has 28 heavy (non-hydrogen) atoms. The van der Waals surface area contributed by atoms with E-state index in [9.17, 15) is 4.79 Å². The van der Waals surface area contributed by atoms with Crippen LogP contribution in [0.2, 0.25) is 0 Å². The van der Waals surface area contributed by atoms with E-state index in [1.165, 1.54) is 0 Å². The molecule has 1 aromatic heterocycles. The molecule has 2 aliphatic heterocycles. The van der Waals surface area contributed by atoms with Crippen LogP contribution in [0.5, 0.6) is 5.75 Å². The SMILES string of the molecule is COc1cccc(-c2cncc([C@H]3CN(CC(=O)N4CCCC4)CCO3)n2)c1. The molecule has 2 fully saturated rings. The lowest BCUT2D eigenvalue weighted by Gasteiger charge is -2.33. The minimum Gasteiger partial charge on any atom is -0.497 e. The van der Waals surface area contributed by atoms with E-state index in [0.29, 0.717) is 19.7 Å². The highest BCUT2D eigenvalue weighted by atomic mass is 16.5. The molecule has 0 spiro atoms. The summed E-state index contributed by atoms with van der Waals surface area (Å²) in [6.45, 7) is 4.22. The van der Waals surface area contributed by atoms with Gasteiger partial charge in [-0.25, -0.2) is 4.98 Å². The van der Waals surface area contributed by atoms with Crippen molar-refractivity contribution in [1.82, 2.24) is 19.8 Å². The van der Waals surface area contributed by atoms with E-state index in [2.05, 4.69) is 9.88 Å². The molecule has 0 N–H and O–H groups in total. The van der Waals surface area contributed by atoms with Crippen molar-refractivity contribution >= 4 is 5.91 Å². The quantitative estimate of drug-likeness (QED) is 0.789. The average Bonchev–Trinajstić information content (AvgIpc) is 3.29. The Hall–Kier alpha value is -2.51. The summed E-state index contributed by atoms with van der Waals surface area (Å²) in [4.78, 5) is 25.7. The van der Waals surface area contributed by atoms with Crippen molar-refractivity contribution in [3.8, 4) is 17.0 Å². The van der Waals surface area contributed by atoms with Crippen LogP contribution in [0.3, 0.4) is 0 Å². The lowest BCUT2D eigenvalue weighted by molar-refractivity contribution is -0.133. The fourth-order valence-electron chi connectivity index (χ4n) is 3.74. The largest absolute Gasteiger partial charge is 0.497 e. The van der Waals surface area contributed by atoms with Gasteiger partial charge in [0, 0.05) is 31.7 Å². The third kappa shape index (κ3) is 4.31. The Morgan fingerprint density at radius 3 is 2.93 bits per heavy atom. The molecule has 2 saturated heterocycles. The van der Waals surface area contributed by atoms with E-state index in [-0.39, 0.29) is 12.0 Å². The van der Waals surface area contributed by atoms with E-state index in [0.717, 1.165) is 55.2 Å². The predicted molar refractivity (Wildman–Crippen MR) is 105 cm³/mol. The Morgan fingerprint density at radius 1 is 1.25 bits per heavy atom. The number of carbonyl (C=O) groups excluding carboxylic acids is 1. The van der Waals surface area contributed by atoms with Crippen molar-refractivity contribution in [1.29, 1.82) is 0 Å². The van der Waals surface area contributed by atoms with E-state index in [4.69, 9.17) is 14.5 Å². The van der Waals surface area contributed by atoms with Gasteiger partial charge in [0.1, 0.15) is 11.9 Å². The maximum atomic E-state index is 12.5. The molecule has 1 atom stereocenters. The minimum atomic E-state index is -0.182. The third-order valence-corrected chi connectivity index (χ3v) is 5.32. The zero-order chi connectivity index (χ0) is 19.3. The van der Waals surface area contributed by atoms with Crippen molar-refractivity contribution in [3.05, 3.63) is 42.4 Å². The summed E-state index contributed by atoms with van der Waals surface area (Å²) in [5, 5.41) is 0. The molecule has 7 heteroatoms. The van der Waals surface area contributed by atoms with Crippen LogP contribution in [0.25, 0.3) is 11.3 Å². The van der Waals surface area contributed by atoms with E-state index in [1.54, 1.807) is 19.5 Å². The summed E-state index contributed by atoms with van der Waals surface area (Å²) in [7, 11) is 1.65. The van der Waals surface area contributed by atoms with Crippen molar-refractivity contribution in [2.45, 2.75) is 18.9 Å². The Kier molecular flexibility index (Phi) is 5.83. The van der Waals surface area contributed by atoms with Crippen LogP contribution in [0.1, 0.15) is 24.6 Å². The molecule has 2 aromatic rings. The van der Waals surface area contributed by atoms with Gasteiger partial charge in [-0.15, -0.1) is 0 Å². The Balaban J connectivity index is 1.45. The number of ether oxygens (including phenoxy) is 2. The van der Waals surface area contributed by atoms with Crippen LogP contribution < -0.4 is 4.74 Å². The highest BCUT2D eigenvalue weighted by Gasteiger charge is 2.27. The summed E-state index contributed by atoms with van der Waals surface area (Å²) < 4.78 is 11.2. The summed E-state index contributed by atoms with van der Waals surface area (Å²) in [6.07, 6.45) is 5.54. The van der Waals surface area contributed by atoms with Gasteiger partial charge < -0.3 is 14.4 Å². The normalized spacial score (nSPS) is 20.3. The molecule has 1 aromatic carbocycles. The molecule has 7 nitrogen and oxygen atoms in total. The number of hydrogen-bond acceptors (Lipinski definition) is 6. The molecule has 1 amide bonds. The smallest absolute Gasteiger partial charge is 0.236 e. The van der Waals surface area contributed by atoms with Crippen LogP contribution in [0, 0.1) is 0 Å². The van der Waals surface area contributed by atoms with Crippen LogP contribution in [-0.4, -0.2) is 72.1 Å². The van der Waals surface area contributed by atoms with Crippen molar-refractivity contribution < 1.29 is 14.3 Å². The first-order valence-electron chi connectivity index (χ1n) is 9.81. The number of hydrogen-bond donors (Lipinski definition) is 0. The second kappa shape index (κ2) is 8.67. The predicted octanol–water partition coefficient (Wildman–Crippen LogP) is 2.15. The summed E-state index contributed by atoms with van der Waals surface area (Å²) in [5.41, 5.74) is 2.52. The monoisotopic (exact) mass is 382 g/mol. The first-order valence-corrected chi connectivity index (χ1v) is 9.81. The van der Waals surface area contributed by atoms with E-state index >= 15 is 0 Å². The topological polar surface area (TPSA) is 67.8 Å². The summed E-state index contributed by atoms with van der Waals surface area (Å²) in [6, 6.07) is 7.77. The zero-order valence-electron chi connectivity index (χ0n) is 16.2. The van der Waals surface area contributed by atoms with Gasteiger partial charge in [-0.3, -0.25) is 14.7 Å². The number of rotatable bonds is 5. The molecular weight excluding hydrogens is 356 g/mol. The molecule has 0 radical (unpaired) electrons. The van der Waals surface area contributed by atoms with Gasteiger partial charge in [-0.2, -0.15) is 0 Å². The van der Waals surface area contributed by atoms with E-state index in [1.807, 2.05) is 29.2 Å². The minimum absolute atomic E-state index is 0.182. The fourth-order valence-corrected chi connectivity index (χ4v) is 3.74. The zero-order valence-corrected chi connectivity index (χ0v) is 16.2. The number of amides is 1. The first-order chi connectivity index (χ1) is 13.7. The van der Waals surface area contributed by atoms with Gasteiger partial charge in [0.25, 0.3) is 0 Å². The number of morpholine rings is 1. The second-order valence-electron chi connectivity index (χ2n) is 7.24. The van der Waals surface area contributed by atoms with E-state index < -0.39 is 0 Å². The Labute approximate surface area is 165 Å². The highest BCUT2D eigenvalue weighted by Crippen LogP contribution is 2.25. The Morgan fingerprint density at radius 2 is 2.11 bits per heavy atom. The highest BCUT2D eigenvalue weighted by molar-refractivity contribution is 5.78. The molecule has 0 bridgehead atoms. The molecule has 0 saturated carbocycles. The molecule has 148 valence electrons. The van der Waals surface area contributed by atoms with Crippen LogP contribution in [0.15, 0.2) is 36.7 Å². The molecule has 3 heterocycles. The Bertz CT molecular complexity index is 823. The average molecular weight is 382 g/mol. The molecule has 4 rings (SSSR count). The lowest BCUT2D eigenvalue weighted by Crippen LogP contribution is -2.45. The number of benzene rings is 1. The van der Waals surface area contributed by atoms with Crippen LogP contribution in [-0.2, 0) is 9.53 Å². The number of nitrogens with zero attached hydrogens (tertiary/aromatic N) is 4. The number of carbonyl (C=O) groups is 1. The van der Waals surface area contributed by atoms with Crippen molar-refractivity contribution in [2.24, 2.45) is 0 Å². The number of methoxy groups -OCH3 is 1. The summed E-state index contributed by atoms with van der Waals surface area (Å²) in [5.74, 6) is 1.000. The molecular formula is C21H26N4O3. The molecule has 0 unspecified atom stereocenters. The first kappa shape index (κ1) is 18.8. The van der Waals surface area contributed by atoms with Crippen molar-refractivity contribution in [3.63, 3.8) is 0 Å². The van der Waals surface area contributed by atoms with Gasteiger partial charge in [0.2, 0.25) is 5.91 Å².